The Kier molecular flexibility index (Phi) is 6.28. The van der Waals surface area contributed by atoms with Gasteiger partial charge in [-0.05, 0) is 37.1 Å². The Morgan fingerprint density at radius 3 is 2.76 bits per heavy atom. The van der Waals surface area contributed by atoms with Crippen molar-refractivity contribution < 1.29 is 9.53 Å². The van der Waals surface area contributed by atoms with Gasteiger partial charge in [0.05, 0.1) is 18.6 Å². The van der Waals surface area contributed by atoms with Crippen molar-refractivity contribution >= 4 is 50.7 Å². The van der Waals surface area contributed by atoms with Crippen LogP contribution in [0.5, 0.6) is 5.75 Å². The molecule has 5 nitrogen and oxygen atoms in total. The zero-order chi connectivity index (χ0) is 17.6. The average Bonchev–Trinajstić information content (AvgIpc) is 3.32. The molecule has 2 heterocycles. The second-order valence-electron chi connectivity index (χ2n) is 5.56. The second kappa shape index (κ2) is 8.64. The summed E-state index contributed by atoms with van der Waals surface area (Å²) in [6, 6.07) is 7.68. The van der Waals surface area contributed by atoms with Crippen LogP contribution in [-0.4, -0.2) is 46.1 Å². The van der Waals surface area contributed by atoms with Crippen molar-refractivity contribution in [3.63, 3.8) is 0 Å². The van der Waals surface area contributed by atoms with E-state index in [4.69, 9.17) is 17.0 Å². The van der Waals surface area contributed by atoms with E-state index < -0.39 is 0 Å². The molecule has 1 aliphatic rings. The summed E-state index contributed by atoms with van der Waals surface area (Å²) >= 11 is 8.20. The number of likely N-dealkylation sites (tertiary alicyclic amines) is 1. The molecule has 1 N–H and O–H groups in total. The number of carbonyl (C=O) groups excluding carboxylic acids is 1. The van der Waals surface area contributed by atoms with E-state index in [0.29, 0.717) is 10.9 Å². The lowest BCUT2D eigenvalue weighted by Gasteiger charge is -2.17. The molecule has 0 atom stereocenters. The number of benzene rings is 1. The third-order valence-corrected chi connectivity index (χ3v) is 6.11. The molecule has 0 aliphatic carbocycles. The lowest BCUT2D eigenvalue weighted by Crippen LogP contribution is -2.25. The summed E-state index contributed by atoms with van der Waals surface area (Å²) in [6.07, 6.45) is 2.36. The summed E-state index contributed by atoms with van der Waals surface area (Å²) in [5, 5.41) is 5.38. The number of thiazole rings is 1. The maximum Gasteiger partial charge on any atom is 0.236 e. The van der Waals surface area contributed by atoms with Crippen molar-refractivity contribution in [2.24, 2.45) is 0 Å². The van der Waals surface area contributed by atoms with Crippen LogP contribution in [0, 0.1) is 0 Å². The first-order valence-corrected chi connectivity index (χ1v) is 10.2. The number of nitrogens with one attached hydrogen (secondary N) is 1. The maximum absolute atomic E-state index is 12.1. The van der Waals surface area contributed by atoms with E-state index >= 15 is 0 Å². The van der Waals surface area contributed by atoms with Crippen LogP contribution in [0.1, 0.15) is 12.8 Å². The molecular weight excluding hydrogens is 374 g/mol. The molecule has 3 rings (SSSR count). The zero-order valence-electron chi connectivity index (χ0n) is 13.9. The van der Waals surface area contributed by atoms with Gasteiger partial charge >= 0.3 is 0 Å². The number of ether oxygens (including phenoxy) is 1. The average molecular weight is 394 g/mol. The Labute approximate surface area is 160 Å². The lowest BCUT2D eigenvalue weighted by molar-refractivity contribution is -0.113. The van der Waals surface area contributed by atoms with Gasteiger partial charge in [-0.1, -0.05) is 24.0 Å². The molecule has 1 aromatic heterocycles. The molecule has 1 amide bonds. The van der Waals surface area contributed by atoms with Crippen molar-refractivity contribution in [2.45, 2.75) is 12.8 Å². The number of nitrogens with zero attached hydrogens (tertiary/aromatic N) is 2. The number of thioether (sulfide) groups is 1. The van der Waals surface area contributed by atoms with Gasteiger partial charge in [-0.3, -0.25) is 4.79 Å². The number of methoxy groups -OCH3 is 1. The minimum atomic E-state index is -0.0813. The van der Waals surface area contributed by atoms with Crippen molar-refractivity contribution in [1.82, 2.24) is 9.88 Å². The third-order valence-electron chi connectivity index (χ3n) is 3.83. The number of thiocarbonyl (C=S) groups is 1. The van der Waals surface area contributed by atoms with Gasteiger partial charge < -0.3 is 15.0 Å². The number of aromatic nitrogens is 1. The molecule has 1 fully saturated rings. The second-order valence-corrected chi connectivity index (χ2v) is 8.03. The number of amides is 1. The number of anilines is 1. The molecule has 8 heteroatoms. The summed E-state index contributed by atoms with van der Waals surface area (Å²) in [5.74, 6) is 1.04. The smallest absolute Gasteiger partial charge is 0.236 e. The molecule has 0 unspecified atom stereocenters. The molecule has 2 aromatic rings. The van der Waals surface area contributed by atoms with Crippen molar-refractivity contribution in [3.8, 4) is 17.0 Å². The first-order chi connectivity index (χ1) is 12.2. The summed E-state index contributed by atoms with van der Waals surface area (Å²) in [5.41, 5.74) is 1.82. The van der Waals surface area contributed by atoms with E-state index in [1.54, 1.807) is 7.11 Å². The number of hydrogen-bond donors (Lipinski definition) is 1. The van der Waals surface area contributed by atoms with Crippen LogP contribution >= 0.6 is 35.3 Å². The topological polar surface area (TPSA) is 54.5 Å². The quantitative estimate of drug-likeness (QED) is 0.778. The van der Waals surface area contributed by atoms with Gasteiger partial charge in [0, 0.05) is 24.0 Å². The standard InChI is InChI=1S/C17H19N3O2S3/c1-22-13-6-4-12(5-7-13)14-10-24-16(18-14)19-15(21)11-25-17(23)20-8-2-3-9-20/h4-7,10H,2-3,8-9,11H2,1H3,(H,18,19,21). The normalized spacial score (nSPS) is 13.7. The van der Waals surface area contributed by atoms with E-state index in [1.807, 2.05) is 29.6 Å². The highest BCUT2D eigenvalue weighted by molar-refractivity contribution is 8.23. The fraction of sp³-hybridized carbons (Fsp3) is 0.353. The van der Waals surface area contributed by atoms with Crippen LogP contribution in [0.25, 0.3) is 11.3 Å². The minimum Gasteiger partial charge on any atom is -0.497 e. The molecule has 132 valence electrons. The number of hydrogen-bond acceptors (Lipinski definition) is 6. The van der Waals surface area contributed by atoms with Gasteiger partial charge in [-0.2, -0.15) is 0 Å². The van der Waals surface area contributed by atoms with Gasteiger partial charge in [0.1, 0.15) is 10.1 Å². The highest BCUT2D eigenvalue weighted by Crippen LogP contribution is 2.26. The fourth-order valence-corrected chi connectivity index (χ4v) is 4.29. The predicted octanol–water partition coefficient (Wildman–Crippen LogP) is 3.87. The van der Waals surface area contributed by atoms with Gasteiger partial charge in [0.2, 0.25) is 5.91 Å². The molecule has 0 bridgehead atoms. The van der Waals surface area contributed by atoms with Crippen LogP contribution in [-0.2, 0) is 4.79 Å². The number of rotatable bonds is 5. The van der Waals surface area contributed by atoms with Crippen LogP contribution in [0.2, 0.25) is 0 Å². The van der Waals surface area contributed by atoms with Gasteiger partial charge in [-0.15, -0.1) is 11.3 Å². The SMILES string of the molecule is COc1ccc(-c2csc(NC(=O)CSC(=S)N3CCCC3)n2)cc1. The van der Waals surface area contributed by atoms with Crippen LogP contribution in [0.3, 0.4) is 0 Å². The lowest BCUT2D eigenvalue weighted by atomic mass is 10.2. The summed E-state index contributed by atoms with van der Waals surface area (Å²) < 4.78 is 5.97. The maximum atomic E-state index is 12.1. The zero-order valence-corrected chi connectivity index (χ0v) is 16.3. The van der Waals surface area contributed by atoms with E-state index in [-0.39, 0.29) is 5.91 Å². The number of carbonyl (C=O) groups is 1. The van der Waals surface area contributed by atoms with Crippen LogP contribution in [0.15, 0.2) is 29.6 Å². The predicted molar refractivity (Wildman–Crippen MR) is 109 cm³/mol. The monoisotopic (exact) mass is 393 g/mol. The van der Waals surface area contributed by atoms with E-state index in [1.165, 1.54) is 35.9 Å². The molecule has 0 spiro atoms. The summed E-state index contributed by atoms with van der Waals surface area (Å²) in [6.45, 7) is 2.01. The first kappa shape index (κ1) is 18.2. The highest BCUT2D eigenvalue weighted by Gasteiger charge is 2.16. The minimum absolute atomic E-state index is 0.0813. The Balaban J connectivity index is 1.51. The Morgan fingerprint density at radius 2 is 2.08 bits per heavy atom. The summed E-state index contributed by atoms with van der Waals surface area (Å²) in [7, 11) is 1.64. The molecular formula is C17H19N3O2S3. The fourth-order valence-electron chi connectivity index (χ4n) is 2.50. The highest BCUT2D eigenvalue weighted by atomic mass is 32.2. The largest absolute Gasteiger partial charge is 0.497 e. The van der Waals surface area contributed by atoms with Gasteiger partial charge in [0.15, 0.2) is 5.13 Å². The Bertz CT molecular complexity index is 740. The molecule has 1 aliphatic heterocycles. The molecule has 1 aromatic carbocycles. The van der Waals surface area contributed by atoms with Crippen molar-refractivity contribution in [2.75, 3.05) is 31.3 Å². The summed E-state index contributed by atoms with van der Waals surface area (Å²) in [4.78, 5) is 18.7. The van der Waals surface area contributed by atoms with Gasteiger partial charge in [0.25, 0.3) is 0 Å². The van der Waals surface area contributed by atoms with E-state index in [0.717, 1.165) is 34.4 Å². The van der Waals surface area contributed by atoms with Gasteiger partial charge in [-0.25, -0.2) is 4.98 Å². The molecule has 0 radical (unpaired) electrons. The third kappa shape index (κ3) is 4.93. The van der Waals surface area contributed by atoms with Crippen LogP contribution in [0.4, 0.5) is 5.13 Å². The van der Waals surface area contributed by atoms with Crippen LogP contribution < -0.4 is 10.1 Å². The first-order valence-electron chi connectivity index (χ1n) is 7.97. The molecule has 25 heavy (non-hydrogen) atoms. The van der Waals surface area contributed by atoms with Crippen molar-refractivity contribution in [1.29, 1.82) is 0 Å². The van der Waals surface area contributed by atoms with E-state index in [2.05, 4.69) is 15.2 Å². The molecule has 0 saturated carbocycles. The Morgan fingerprint density at radius 1 is 1.36 bits per heavy atom. The van der Waals surface area contributed by atoms with E-state index in [9.17, 15) is 4.79 Å². The van der Waals surface area contributed by atoms with Crippen molar-refractivity contribution in [3.05, 3.63) is 29.6 Å². The Hall–Kier alpha value is -1.64. The molecule has 1 saturated heterocycles.